The summed E-state index contributed by atoms with van der Waals surface area (Å²) in [5, 5.41) is 3.27. The molecule has 1 rings (SSSR count). The maximum Gasteiger partial charge on any atom is 0.128 e. The number of hydrogen-bond acceptors (Lipinski definition) is 2. The molecule has 0 saturated carbocycles. The van der Waals surface area contributed by atoms with Crippen molar-refractivity contribution in [3.8, 4) is 0 Å². The second kappa shape index (κ2) is 6.86. The molecule has 18 heavy (non-hydrogen) atoms. The Morgan fingerprint density at radius 2 is 1.94 bits per heavy atom. The molecule has 0 amide bonds. The molecule has 0 bridgehead atoms. The van der Waals surface area contributed by atoms with Gasteiger partial charge >= 0.3 is 0 Å². The molecule has 0 radical (unpaired) electrons. The van der Waals surface area contributed by atoms with Gasteiger partial charge in [-0.25, -0.2) is 4.39 Å². The average molecular weight is 253 g/mol. The number of hydrogen-bond donors (Lipinski definition) is 1. The molecule has 2 nitrogen and oxygen atoms in total. The third-order valence-electron chi connectivity index (χ3n) is 3.22. The van der Waals surface area contributed by atoms with Gasteiger partial charge in [-0.3, -0.25) is 0 Å². The zero-order valence-electron chi connectivity index (χ0n) is 11.8. The molecule has 0 heterocycles. The van der Waals surface area contributed by atoms with Crippen LogP contribution >= 0.6 is 0 Å². The summed E-state index contributed by atoms with van der Waals surface area (Å²) in [6.07, 6.45) is 0.934. The Morgan fingerprint density at radius 1 is 1.28 bits per heavy atom. The molecule has 0 aliphatic rings. The zero-order chi connectivity index (χ0) is 13.6. The quantitative estimate of drug-likeness (QED) is 0.800. The van der Waals surface area contributed by atoms with Crippen LogP contribution in [0.2, 0.25) is 0 Å². The highest BCUT2D eigenvalue weighted by atomic mass is 19.1. The molecule has 102 valence electrons. The van der Waals surface area contributed by atoms with Crippen molar-refractivity contribution in [2.45, 2.75) is 45.8 Å². The van der Waals surface area contributed by atoms with E-state index in [9.17, 15) is 4.39 Å². The molecule has 0 aliphatic heterocycles. The van der Waals surface area contributed by atoms with Crippen LogP contribution in [0.4, 0.5) is 4.39 Å². The van der Waals surface area contributed by atoms with E-state index >= 15 is 0 Å². The van der Waals surface area contributed by atoms with Gasteiger partial charge in [-0.05, 0) is 32.9 Å². The Kier molecular flexibility index (Phi) is 5.76. The third kappa shape index (κ3) is 4.39. The second-order valence-electron chi connectivity index (χ2n) is 5.06. The molecule has 1 unspecified atom stereocenters. The summed E-state index contributed by atoms with van der Waals surface area (Å²) in [5.41, 5.74) is 0.505. The normalized spacial score (nSPS) is 13.6. The van der Waals surface area contributed by atoms with Crippen molar-refractivity contribution in [1.29, 1.82) is 0 Å². The number of rotatable bonds is 7. The number of nitrogens with one attached hydrogen (secondary N) is 1. The van der Waals surface area contributed by atoms with E-state index in [2.05, 4.69) is 26.1 Å². The molecule has 1 aromatic rings. The summed E-state index contributed by atoms with van der Waals surface area (Å²) in [6, 6.07) is 6.77. The van der Waals surface area contributed by atoms with Crippen molar-refractivity contribution in [3.05, 3.63) is 35.6 Å². The van der Waals surface area contributed by atoms with Crippen LogP contribution in [-0.4, -0.2) is 18.8 Å². The third-order valence-corrected chi connectivity index (χ3v) is 3.22. The van der Waals surface area contributed by atoms with Gasteiger partial charge in [-0.15, -0.1) is 0 Å². The van der Waals surface area contributed by atoms with Crippen LogP contribution in [0.1, 0.15) is 45.7 Å². The largest absolute Gasteiger partial charge is 0.374 e. The van der Waals surface area contributed by atoms with Crippen LogP contribution in [0, 0.1) is 5.82 Å². The van der Waals surface area contributed by atoms with Crippen LogP contribution in [-0.2, 0) is 4.74 Å². The Labute approximate surface area is 110 Å². The highest BCUT2D eigenvalue weighted by Gasteiger charge is 2.20. The zero-order valence-corrected chi connectivity index (χ0v) is 11.8. The molecule has 1 aromatic carbocycles. The van der Waals surface area contributed by atoms with Crippen LogP contribution in [0.15, 0.2) is 24.3 Å². The summed E-state index contributed by atoms with van der Waals surface area (Å²) in [6.45, 7) is 9.48. The van der Waals surface area contributed by atoms with E-state index in [1.54, 1.807) is 6.07 Å². The fraction of sp³-hybridized carbons (Fsp3) is 0.600. The minimum atomic E-state index is -0.179. The highest BCUT2D eigenvalue weighted by molar-refractivity contribution is 5.21. The minimum absolute atomic E-state index is 0.0953. The molecule has 1 N–H and O–H groups in total. The Morgan fingerprint density at radius 3 is 2.50 bits per heavy atom. The Hall–Kier alpha value is -0.930. The van der Waals surface area contributed by atoms with Crippen molar-refractivity contribution >= 4 is 0 Å². The lowest BCUT2D eigenvalue weighted by Gasteiger charge is -2.27. The minimum Gasteiger partial charge on any atom is -0.374 e. The highest BCUT2D eigenvalue weighted by Crippen LogP contribution is 2.21. The van der Waals surface area contributed by atoms with E-state index < -0.39 is 0 Å². The van der Waals surface area contributed by atoms with Gasteiger partial charge in [-0.2, -0.15) is 0 Å². The first-order valence-electron chi connectivity index (χ1n) is 6.62. The maximum atomic E-state index is 13.8. The fourth-order valence-electron chi connectivity index (χ4n) is 1.67. The lowest BCUT2D eigenvalue weighted by atomic mass is 10.0. The molecule has 0 aliphatic carbocycles. The summed E-state index contributed by atoms with van der Waals surface area (Å²) < 4.78 is 19.6. The predicted molar refractivity (Wildman–Crippen MR) is 73.1 cm³/mol. The number of benzene rings is 1. The van der Waals surface area contributed by atoms with Gasteiger partial charge in [-0.1, -0.05) is 32.0 Å². The van der Waals surface area contributed by atoms with Gasteiger partial charge in [0.25, 0.3) is 0 Å². The number of halogens is 1. The van der Waals surface area contributed by atoms with Crippen LogP contribution in [0.5, 0.6) is 0 Å². The standard InChI is InChI=1S/C15H24FNO/c1-5-15(3,4)18-11-14(17-6-2)12-9-7-8-10-13(12)16/h7-10,14,17H,5-6,11H2,1-4H3. The summed E-state index contributed by atoms with van der Waals surface area (Å²) >= 11 is 0. The van der Waals surface area contributed by atoms with Gasteiger partial charge in [0.15, 0.2) is 0 Å². The van der Waals surface area contributed by atoms with Gasteiger partial charge in [0.05, 0.1) is 18.2 Å². The first kappa shape index (κ1) is 15.1. The van der Waals surface area contributed by atoms with E-state index in [0.29, 0.717) is 12.2 Å². The molecule has 0 spiro atoms. The monoisotopic (exact) mass is 253 g/mol. The maximum absolute atomic E-state index is 13.8. The van der Waals surface area contributed by atoms with E-state index in [1.165, 1.54) is 6.07 Å². The van der Waals surface area contributed by atoms with Crippen LogP contribution < -0.4 is 5.32 Å². The van der Waals surface area contributed by atoms with Crippen LogP contribution in [0.3, 0.4) is 0 Å². The molecular formula is C15H24FNO. The first-order valence-corrected chi connectivity index (χ1v) is 6.62. The number of likely N-dealkylation sites (N-methyl/N-ethyl adjacent to an activating group) is 1. The van der Waals surface area contributed by atoms with Gasteiger partial charge in [0, 0.05) is 5.56 Å². The first-order chi connectivity index (χ1) is 8.50. The molecule has 1 atom stereocenters. The van der Waals surface area contributed by atoms with Gasteiger partial charge in [0.1, 0.15) is 5.82 Å². The summed E-state index contributed by atoms with van der Waals surface area (Å²) in [5.74, 6) is -0.179. The van der Waals surface area contributed by atoms with E-state index in [-0.39, 0.29) is 17.5 Å². The smallest absolute Gasteiger partial charge is 0.128 e. The van der Waals surface area contributed by atoms with Crippen molar-refractivity contribution in [1.82, 2.24) is 5.32 Å². The predicted octanol–water partition coefficient (Wildman–Crippen LogP) is 3.68. The SMILES string of the molecule is CCNC(COC(C)(C)CC)c1ccccc1F. The van der Waals surface area contributed by atoms with Crippen molar-refractivity contribution in [2.75, 3.05) is 13.2 Å². The molecular weight excluding hydrogens is 229 g/mol. The summed E-state index contributed by atoms with van der Waals surface area (Å²) in [4.78, 5) is 0. The topological polar surface area (TPSA) is 21.3 Å². The summed E-state index contributed by atoms with van der Waals surface area (Å²) in [7, 11) is 0. The molecule has 0 saturated heterocycles. The van der Waals surface area contributed by atoms with Gasteiger partial charge in [0.2, 0.25) is 0 Å². The lowest BCUT2D eigenvalue weighted by molar-refractivity contribution is -0.0310. The van der Waals surface area contributed by atoms with Crippen molar-refractivity contribution in [3.63, 3.8) is 0 Å². The fourth-order valence-corrected chi connectivity index (χ4v) is 1.67. The molecule has 0 aromatic heterocycles. The van der Waals surface area contributed by atoms with E-state index in [1.807, 2.05) is 19.1 Å². The van der Waals surface area contributed by atoms with Crippen LogP contribution in [0.25, 0.3) is 0 Å². The molecule has 0 fully saturated rings. The number of ether oxygens (including phenoxy) is 1. The van der Waals surface area contributed by atoms with E-state index in [0.717, 1.165) is 13.0 Å². The average Bonchev–Trinajstić information content (AvgIpc) is 2.35. The van der Waals surface area contributed by atoms with E-state index in [4.69, 9.17) is 4.74 Å². The van der Waals surface area contributed by atoms with Crippen molar-refractivity contribution < 1.29 is 9.13 Å². The Balaban J connectivity index is 2.75. The van der Waals surface area contributed by atoms with Gasteiger partial charge < -0.3 is 10.1 Å². The molecule has 3 heteroatoms. The lowest BCUT2D eigenvalue weighted by Crippen LogP contribution is -2.32. The van der Waals surface area contributed by atoms with Crippen molar-refractivity contribution in [2.24, 2.45) is 0 Å². The second-order valence-corrected chi connectivity index (χ2v) is 5.06. The Bertz CT molecular complexity index is 365.